The molecule has 0 fully saturated rings. The highest BCUT2D eigenvalue weighted by atomic mass is 16.5. The van der Waals surface area contributed by atoms with Crippen LogP contribution in [0, 0.1) is 17.8 Å². The molecule has 61 heavy (non-hydrogen) atoms. The Morgan fingerprint density at radius 2 is 0.770 bits per heavy atom. The molecule has 1 atom stereocenters. The fourth-order valence-electron chi connectivity index (χ4n) is 7.20. The largest absolute Gasteiger partial charge is 0.466 e. The van der Waals surface area contributed by atoms with E-state index >= 15 is 0 Å². The van der Waals surface area contributed by atoms with Gasteiger partial charge in [-0.25, -0.2) is 9.59 Å². The second-order valence-corrected chi connectivity index (χ2v) is 18.0. The van der Waals surface area contributed by atoms with Crippen molar-refractivity contribution in [3.05, 3.63) is 35.4 Å². The Bertz CT molecular complexity index is 1150. The molecule has 0 aromatic heterocycles. The van der Waals surface area contributed by atoms with E-state index in [1.54, 1.807) is 24.3 Å². The summed E-state index contributed by atoms with van der Waals surface area (Å²) in [5, 5.41) is 0. The minimum Gasteiger partial charge on any atom is -0.466 e. The lowest BCUT2D eigenvalue weighted by molar-refractivity contribution is -0.150. The molecular weight excluding hydrogens is 765 g/mol. The number of unbranched alkanes of at least 4 members (excludes halogenated alkanes) is 18. The Morgan fingerprint density at radius 1 is 0.410 bits per heavy atom. The van der Waals surface area contributed by atoms with Crippen LogP contribution in [-0.4, -0.2) is 50.3 Å². The number of carbonyl (C=O) groups excluding carboxylic acids is 4. The molecule has 8 nitrogen and oxygen atoms in total. The summed E-state index contributed by atoms with van der Waals surface area (Å²) in [6.45, 7) is 17.0. The zero-order chi connectivity index (χ0) is 45.2. The number of ether oxygens (including phenoxy) is 4. The highest BCUT2D eigenvalue weighted by molar-refractivity contribution is 6.03. The molecule has 1 aromatic carbocycles. The highest BCUT2D eigenvalue weighted by Gasteiger charge is 2.21. The number of benzene rings is 1. The molecule has 0 amide bonds. The summed E-state index contributed by atoms with van der Waals surface area (Å²) in [5.74, 6) is -0.00436. The second-order valence-electron chi connectivity index (χ2n) is 18.0. The fourth-order valence-corrected chi connectivity index (χ4v) is 7.20. The first-order valence-electron chi connectivity index (χ1n) is 25.3. The molecule has 0 aliphatic carbocycles. The van der Waals surface area contributed by atoms with Crippen molar-refractivity contribution in [3.63, 3.8) is 0 Å². The average molecular weight is 859 g/mol. The predicted molar refractivity (Wildman–Crippen MR) is 253 cm³/mol. The maximum atomic E-state index is 12.8. The zero-order valence-electron chi connectivity index (χ0n) is 40.6. The summed E-state index contributed by atoms with van der Waals surface area (Å²) >= 11 is 0. The molecule has 0 radical (unpaired) electrons. The molecule has 8 heteroatoms. The van der Waals surface area contributed by atoms with E-state index in [9.17, 15) is 19.2 Å². The third kappa shape index (κ3) is 36.3. The van der Waals surface area contributed by atoms with Gasteiger partial charge in [0, 0.05) is 6.42 Å². The van der Waals surface area contributed by atoms with E-state index in [1.807, 2.05) is 0 Å². The predicted octanol–water partition coefficient (Wildman–Crippen LogP) is 15.4. The normalized spacial score (nSPS) is 11.6. The van der Waals surface area contributed by atoms with Crippen molar-refractivity contribution in [1.29, 1.82) is 0 Å². The zero-order valence-corrected chi connectivity index (χ0v) is 40.6. The molecule has 1 rings (SSSR count). The van der Waals surface area contributed by atoms with Crippen LogP contribution in [-0.2, 0) is 28.5 Å². The molecule has 354 valence electrons. The van der Waals surface area contributed by atoms with Crippen LogP contribution in [0.15, 0.2) is 24.3 Å². The standard InChI is InChI=1S/C33H64O4.C20H30O4/c1-4-7-10-13-15-16-17-19-22-26-31(33(35)37-30-24-20-12-9-6-3)27-25-28-32(34)36-29-23-21-18-14-11-8-5-2;1-15(2)9-7-13-23-19(21)17-11-5-6-12-18(17)20(22)24-14-8-10-16(3)4/h31H,4-30H2,1-3H3;5-6,11-12,15-16H,7-10,13-14H2,1-4H3. The van der Waals surface area contributed by atoms with Gasteiger partial charge in [0.25, 0.3) is 0 Å². The van der Waals surface area contributed by atoms with Crippen molar-refractivity contribution < 1.29 is 38.1 Å². The molecule has 0 saturated heterocycles. The molecule has 0 aliphatic rings. The summed E-state index contributed by atoms with van der Waals surface area (Å²) in [5.41, 5.74) is 0.548. The molecular formula is C53H94O8. The minimum absolute atomic E-state index is 0.0495. The van der Waals surface area contributed by atoms with Gasteiger partial charge in [-0.1, -0.05) is 183 Å². The van der Waals surface area contributed by atoms with Gasteiger partial charge in [-0.3, -0.25) is 9.59 Å². The summed E-state index contributed by atoms with van der Waals surface area (Å²) < 4.78 is 21.6. The molecule has 0 heterocycles. The van der Waals surface area contributed by atoms with Crippen LogP contribution in [0.25, 0.3) is 0 Å². The van der Waals surface area contributed by atoms with E-state index in [-0.39, 0.29) is 29.0 Å². The van der Waals surface area contributed by atoms with Crippen molar-refractivity contribution in [2.45, 2.75) is 235 Å². The Kier molecular flexibility index (Phi) is 40.4. The summed E-state index contributed by atoms with van der Waals surface area (Å²) in [6, 6.07) is 6.66. The van der Waals surface area contributed by atoms with Crippen LogP contribution in [0.4, 0.5) is 0 Å². The van der Waals surface area contributed by atoms with Gasteiger partial charge in [-0.2, -0.15) is 0 Å². The lowest BCUT2D eigenvalue weighted by Gasteiger charge is -2.16. The molecule has 0 aliphatic heterocycles. The number of hydrogen-bond acceptors (Lipinski definition) is 8. The summed E-state index contributed by atoms with van der Waals surface area (Å²) in [4.78, 5) is 49.3. The first-order chi connectivity index (χ1) is 29.6. The van der Waals surface area contributed by atoms with Crippen molar-refractivity contribution in [2.75, 3.05) is 26.4 Å². The van der Waals surface area contributed by atoms with Gasteiger partial charge in [0.05, 0.1) is 43.5 Å². The van der Waals surface area contributed by atoms with Crippen molar-refractivity contribution in [1.82, 2.24) is 0 Å². The molecule has 1 aromatic rings. The third-order valence-electron chi connectivity index (χ3n) is 11.1. The lowest BCUT2D eigenvalue weighted by Crippen LogP contribution is -2.19. The Balaban J connectivity index is 0.00000129. The average Bonchev–Trinajstić information content (AvgIpc) is 3.24. The van der Waals surface area contributed by atoms with E-state index in [2.05, 4.69) is 48.5 Å². The van der Waals surface area contributed by atoms with Crippen LogP contribution in [0.2, 0.25) is 0 Å². The maximum absolute atomic E-state index is 12.8. The molecule has 0 saturated carbocycles. The van der Waals surface area contributed by atoms with Gasteiger partial charge < -0.3 is 18.9 Å². The number of rotatable bonds is 39. The second kappa shape index (κ2) is 42.4. The van der Waals surface area contributed by atoms with Crippen LogP contribution in [0.1, 0.15) is 255 Å². The first kappa shape index (κ1) is 58.1. The fraction of sp³-hybridized carbons (Fsp3) is 0.811. The smallest absolute Gasteiger partial charge is 0.339 e. The first-order valence-corrected chi connectivity index (χ1v) is 25.3. The number of esters is 4. The van der Waals surface area contributed by atoms with Gasteiger partial charge in [-0.15, -0.1) is 0 Å². The maximum Gasteiger partial charge on any atom is 0.339 e. The van der Waals surface area contributed by atoms with E-state index in [4.69, 9.17) is 18.9 Å². The lowest BCUT2D eigenvalue weighted by atomic mass is 9.95. The molecule has 1 unspecified atom stereocenters. The summed E-state index contributed by atoms with van der Waals surface area (Å²) in [6.07, 6.45) is 32.3. The molecule has 0 spiro atoms. The third-order valence-corrected chi connectivity index (χ3v) is 11.1. The van der Waals surface area contributed by atoms with Gasteiger partial charge in [0.1, 0.15) is 0 Å². The molecule has 0 bridgehead atoms. The van der Waals surface area contributed by atoms with Gasteiger partial charge in [0.15, 0.2) is 0 Å². The highest BCUT2D eigenvalue weighted by Crippen LogP contribution is 2.21. The number of hydrogen-bond donors (Lipinski definition) is 0. The van der Waals surface area contributed by atoms with E-state index < -0.39 is 11.9 Å². The van der Waals surface area contributed by atoms with E-state index in [0.29, 0.717) is 51.1 Å². The van der Waals surface area contributed by atoms with E-state index in [0.717, 1.165) is 70.6 Å². The van der Waals surface area contributed by atoms with Gasteiger partial charge >= 0.3 is 23.9 Å². The Hall–Kier alpha value is -2.90. The topological polar surface area (TPSA) is 105 Å². The number of carbonyl (C=O) groups is 4. The van der Waals surface area contributed by atoms with Crippen LogP contribution in [0.3, 0.4) is 0 Å². The minimum atomic E-state index is -0.464. The van der Waals surface area contributed by atoms with Crippen LogP contribution >= 0.6 is 0 Å². The Labute approximate surface area is 375 Å². The quantitative estimate of drug-likeness (QED) is 0.0366. The SMILES string of the molecule is CC(C)CCCOC(=O)c1ccccc1C(=O)OCCCC(C)C.CCCCCCCCCCCC(CCCC(=O)OCCCCCCCCC)C(=O)OCCCCCCC. The van der Waals surface area contributed by atoms with Crippen molar-refractivity contribution in [2.24, 2.45) is 17.8 Å². The summed E-state index contributed by atoms with van der Waals surface area (Å²) in [7, 11) is 0. The monoisotopic (exact) mass is 859 g/mol. The molecule has 0 N–H and O–H groups in total. The Morgan fingerprint density at radius 3 is 1.20 bits per heavy atom. The van der Waals surface area contributed by atoms with Crippen molar-refractivity contribution >= 4 is 23.9 Å². The van der Waals surface area contributed by atoms with Gasteiger partial charge in [-0.05, 0) is 81.8 Å². The van der Waals surface area contributed by atoms with Crippen LogP contribution < -0.4 is 0 Å². The van der Waals surface area contributed by atoms with E-state index in [1.165, 1.54) is 103 Å². The van der Waals surface area contributed by atoms with Gasteiger partial charge in [0.2, 0.25) is 0 Å². The van der Waals surface area contributed by atoms with Crippen molar-refractivity contribution in [3.8, 4) is 0 Å². The van der Waals surface area contributed by atoms with Crippen LogP contribution in [0.5, 0.6) is 0 Å².